The Balaban J connectivity index is 1.86. The lowest BCUT2D eigenvalue weighted by Gasteiger charge is -2.33. The van der Waals surface area contributed by atoms with E-state index in [4.69, 9.17) is 4.74 Å². The average Bonchev–Trinajstić information content (AvgIpc) is 2.97. The van der Waals surface area contributed by atoms with Gasteiger partial charge in [0, 0.05) is 20.2 Å². The summed E-state index contributed by atoms with van der Waals surface area (Å²) < 4.78 is 7.35. The maximum absolute atomic E-state index is 11.8. The molecule has 0 aliphatic carbocycles. The minimum atomic E-state index is 0.0106. The monoisotopic (exact) mass is 299 g/mol. The lowest BCUT2D eigenvalue weighted by Crippen LogP contribution is -2.39. The molecular formula is C17H21N3O2. The fraction of sp³-hybridized carbons (Fsp3) is 0.412. The van der Waals surface area contributed by atoms with Gasteiger partial charge in [0.2, 0.25) is 5.91 Å². The van der Waals surface area contributed by atoms with E-state index in [1.165, 1.54) is 6.08 Å². The summed E-state index contributed by atoms with van der Waals surface area (Å²) in [5.74, 6) is 0.0106. The first kappa shape index (κ1) is 14.8. The van der Waals surface area contributed by atoms with Crippen LogP contribution in [0.4, 0.5) is 0 Å². The second-order valence-electron chi connectivity index (χ2n) is 5.69. The molecule has 5 heteroatoms. The smallest absolute Gasteiger partial charge is 0.246 e. The number of carbonyl (C=O) groups is 1. The molecule has 0 saturated carbocycles. The van der Waals surface area contributed by atoms with Crippen LogP contribution in [-0.4, -0.2) is 40.6 Å². The second kappa shape index (κ2) is 6.32. The molecule has 3 rings (SSSR count). The van der Waals surface area contributed by atoms with Crippen molar-refractivity contribution in [3.63, 3.8) is 0 Å². The molecule has 1 aliphatic rings. The Bertz CT molecular complexity index is 692. The topological polar surface area (TPSA) is 47.4 Å². The van der Waals surface area contributed by atoms with Crippen LogP contribution in [-0.2, 0) is 16.1 Å². The van der Waals surface area contributed by atoms with E-state index >= 15 is 0 Å². The highest BCUT2D eigenvalue weighted by Crippen LogP contribution is 2.26. The molecule has 1 atom stereocenters. The van der Waals surface area contributed by atoms with Crippen molar-refractivity contribution in [1.29, 1.82) is 0 Å². The van der Waals surface area contributed by atoms with Crippen molar-refractivity contribution < 1.29 is 9.53 Å². The molecule has 1 aromatic carbocycles. The Morgan fingerprint density at radius 3 is 3.18 bits per heavy atom. The zero-order valence-corrected chi connectivity index (χ0v) is 12.9. The minimum absolute atomic E-state index is 0.0106. The molecule has 1 saturated heterocycles. The third-order valence-electron chi connectivity index (χ3n) is 4.23. The summed E-state index contributed by atoms with van der Waals surface area (Å²) in [6.45, 7) is 5.70. The minimum Gasteiger partial charge on any atom is -0.380 e. The Hall–Kier alpha value is -2.14. The number of hydrogen-bond acceptors (Lipinski definition) is 3. The largest absolute Gasteiger partial charge is 0.380 e. The highest BCUT2D eigenvalue weighted by molar-refractivity contribution is 5.87. The fourth-order valence-electron chi connectivity index (χ4n) is 3.14. The molecule has 0 spiro atoms. The van der Waals surface area contributed by atoms with E-state index in [0.29, 0.717) is 6.61 Å². The number of carbonyl (C=O) groups excluding carboxylic acids is 1. The van der Waals surface area contributed by atoms with Gasteiger partial charge >= 0.3 is 0 Å². The third-order valence-corrected chi connectivity index (χ3v) is 4.23. The number of benzene rings is 1. The molecule has 1 unspecified atom stereocenters. The van der Waals surface area contributed by atoms with Crippen LogP contribution in [0.5, 0.6) is 0 Å². The van der Waals surface area contributed by atoms with E-state index in [9.17, 15) is 4.79 Å². The summed E-state index contributed by atoms with van der Waals surface area (Å²) in [6.07, 6.45) is 5.34. The quantitative estimate of drug-likeness (QED) is 0.815. The molecule has 1 aliphatic heterocycles. The molecule has 2 heterocycles. The standard InChI is InChI=1S/C17H21N3O2/c1-3-17(21)19-8-4-5-14(10-19)20-12-18-15-9-13(11-22-2)6-7-16(15)20/h3,6-7,9,12,14H,1,4-5,8,10-11H2,2H3. The zero-order chi connectivity index (χ0) is 15.5. The number of rotatable bonds is 4. The lowest BCUT2D eigenvalue weighted by molar-refractivity contribution is -0.127. The number of nitrogens with zero attached hydrogens (tertiary/aromatic N) is 3. The first-order chi connectivity index (χ1) is 10.7. The Morgan fingerprint density at radius 1 is 1.55 bits per heavy atom. The van der Waals surface area contributed by atoms with Crippen LogP contribution in [0.3, 0.4) is 0 Å². The van der Waals surface area contributed by atoms with Gasteiger partial charge in [-0.15, -0.1) is 0 Å². The van der Waals surface area contributed by atoms with Crippen molar-refractivity contribution >= 4 is 16.9 Å². The van der Waals surface area contributed by atoms with Crippen LogP contribution >= 0.6 is 0 Å². The SMILES string of the molecule is C=CC(=O)N1CCCC(n2cnc3cc(COC)ccc32)C1. The van der Waals surface area contributed by atoms with Gasteiger partial charge in [0.1, 0.15) is 0 Å². The third kappa shape index (κ3) is 2.76. The van der Waals surface area contributed by atoms with E-state index in [1.807, 2.05) is 11.2 Å². The normalized spacial score (nSPS) is 18.6. The van der Waals surface area contributed by atoms with Crippen LogP contribution in [0.1, 0.15) is 24.4 Å². The maximum Gasteiger partial charge on any atom is 0.246 e. The van der Waals surface area contributed by atoms with Gasteiger partial charge < -0.3 is 14.2 Å². The summed E-state index contributed by atoms with van der Waals surface area (Å²) in [7, 11) is 1.69. The summed E-state index contributed by atoms with van der Waals surface area (Å²) in [5.41, 5.74) is 3.20. The Labute approximate surface area is 130 Å². The van der Waals surface area contributed by atoms with E-state index in [2.05, 4.69) is 34.3 Å². The van der Waals surface area contributed by atoms with Gasteiger partial charge in [-0.25, -0.2) is 4.98 Å². The predicted octanol–water partition coefficient (Wildman–Crippen LogP) is 2.53. The summed E-state index contributed by atoms with van der Waals surface area (Å²) in [5, 5.41) is 0. The lowest BCUT2D eigenvalue weighted by atomic mass is 10.0. The number of likely N-dealkylation sites (tertiary alicyclic amines) is 1. The van der Waals surface area contributed by atoms with Gasteiger partial charge in [-0.2, -0.15) is 0 Å². The van der Waals surface area contributed by atoms with Gasteiger partial charge in [-0.05, 0) is 36.6 Å². The maximum atomic E-state index is 11.8. The van der Waals surface area contributed by atoms with Crippen molar-refractivity contribution in [3.8, 4) is 0 Å². The van der Waals surface area contributed by atoms with Crippen molar-refractivity contribution in [2.75, 3.05) is 20.2 Å². The van der Waals surface area contributed by atoms with Crippen LogP contribution in [0.2, 0.25) is 0 Å². The molecule has 0 radical (unpaired) electrons. The summed E-state index contributed by atoms with van der Waals surface area (Å²) in [6, 6.07) is 6.49. The first-order valence-corrected chi connectivity index (χ1v) is 7.58. The van der Waals surface area contributed by atoms with E-state index in [0.717, 1.165) is 42.5 Å². The first-order valence-electron chi connectivity index (χ1n) is 7.58. The van der Waals surface area contributed by atoms with E-state index in [1.54, 1.807) is 7.11 Å². The van der Waals surface area contributed by atoms with Gasteiger partial charge in [0.15, 0.2) is 0 Å². The number of methoxy groups -OCH3 is 1. The zero-order valence-electron chi connectivity index (χ0n) is 12.9. The number of amides is 1. The van der Waals surface area contributed by atoms with Gasteiger partial charge in [-0.1, -0.05) is 12.6 Å². The fourth-order valence-corrected chi connectivity index (χ4v) is 3.14. The molecule has 5 nitrogen and oxygen atoms in total. The van der Waals surface area contributed by atoms with Gasteiger partial charge in [0.05, 0.1) is 30.0 Å². The van der Waals surface area contributed by atoms with Crippen molar-refractivity contribution in [2.45, 2.75) is 25.5 Å². The van der Waals surface area contributed by atoms with Crippen LogP contribution in [0, 0.1) is 0 Å². The molecule has 0 N–H and O–H groups in total. The molecule has 116 valence electrons. The molecule has 1 fully saturated rings. The van der Waals surface area contributed by atoms with Crippen molar-refractivity contribution in [2.24, 2.45) is 0 Å². The van der Waals surface area contributed by atoms with Crippen LogP contribution in [0.15, 0.2) is 37.2 Å². The van der Waals surface area contributed by atoms with E-state index in [-0.39, 0.29) is 11.9 Å². The second-order valence-corrected chi connectivity index (χ2v) is 5.69. The number of piperidine rings is 1. The average molecular weight is 299 g/mol. The number of imidazole rings is 1. The molecule has 0 bridgehead atoms. The highest BCUT2D eigenvalue weighted by Gasteiger charge is 2.24. The molecular weight excluding hydrogens is 278 g/mol. The molecule has 1 aromatic heterocycles. The highest BCUT2D eigenvalue weighted by atomic mass is 16.5. The Kier molecular flexibility index (Phi) is 4.24. The number of fused-ring (bicyclic) bond motifs is 1. The molecule has 1 amide bonds. The van der Waals surface area contributed by atoms with Crippen molar-refractivity contribution in [1.82, 2.24) is 14.5 Å². The van der Waals surface area contributed by atoms with Gasteiger partial charge in [0.25, 0.3) is 0 Å². The summed E-state index contributed by atoms with van der Waals surface area (Å²) in [4.78, 5) is 18.2. The van der Waals surface area contributed by atoms with E-state index < -0.39 is 0 Å². The Morgan fingerprint density at radius 2 is 2.41 bits per heavy atom. The molecule has 22 heavy (non-hydrogen) atoms. The van der Waals surface area contributed by atoms with Crippen LogP contribution < -0.4 is 0 Å². The number of hydrogen-bond donors (Lipinski definition) is 0. The number of ether oxygens (including phenoxy) is 1. The van der Waals surface area contributed by atoms with Gasteiger partial charge in [-0.3, -0.25) is 4.79 Å². The van der Waals surface area contributed by atoms with Crippen molar-refractivity contribution in [3.05, 3.63) is 42.7 Å². The van der Waals surface area contributed by atoms with Crippen LogP contribution in [0.25, 0.3) is 11.0 Å². The summed E-state index contributed by atoms with van der Waals surface area (Å²) >= 11 is 0. The number of aromatic nitrogens is 2. The molecule has 2 aromatic rings. The predicted molar refractivity (Wildman–Crippen MR) is 85.5 cm³/mol.